The van der Waals surface area contributed by atoms with E-state index in [9.17, 15) is 9.59 Å². The van der Waals surface area contributed by atoms with Crippen LogP contribution in [0.5, 0.6) is 0 Å². The first kappa shape index (κ1) is 15.5. The number of ether oxygens (including phenoxy) is 1. The monoisotopic (exact) mass is 291 g/mol. The summed E-state index contributed by atoms with van der Waals surface area (Å²) >= 11 is 0. The van der Waals surface area contributed by atoms with Crippen molar-refractivity contribution < 1.29 is 19.4 Å². The molecule has 2 rings (SSSR count). The van der Waals surface area contributed by atoms with Crippen LogP contribution in [0.3, 0.4) is 0 Å². The maximum Gasteiger partial charge on any atom is 0.335 e. The van der Waals surface area contributed by atoms with Gasteiger partial charge in [-0.2, -0.15) is 0 Å². The Kier molecular flexibility index (Phi) is 5.33. The molecule has 1 aliphatic rings. The van der Waals surface area contributed by atoms with E-state index in [1.54, 1.807) is 24.3 Å². The molecule has 1 aliphatic heterocycles. The van der Waals surface area contributed by atoms with E-state index in [0.717, 1.165) is 25.0 Å². The molecule has 1 aromatic carbocycles. The predicted molar refractivity (Wildman–Crippen MR) is 78.3 cm³/mol. The fourth-order valence-electron chi connectivity index (χ4n) is 2.49. The van der Waals surface area contributed by atoms with Gasteiger partial charge in [0, 0.05) is 13.0 Å². The van der Waals surface area contributed by atoms with Gasteiger partial charge in [0.05, 0.1) is 17.7 Å². The van der Waals surface area contributed by atoms with Crippen LogP contribution in [0, 0.1) is 0 Å². The Morgan fingerprint density at radius 3 is 2.67 bits per heavy atom. The number of rotatable bonds is 6. The molecule has 0 unspecified atom stereocenters. The van der Waals surface area contributed by atoms with Crippen molar-refractivity contribution in [2.24, 2.45) is 0 Å². The van der Waals surface area contributed by atoms with E-state index < -0.39 is 5.97 Å². The van der Waals surface area contributed by atoms with Crippen molar-refractivity contribution in [1.82, 2.24) is 5.32 Å². The van der Waals surface area contributed by atoms with Crippen LogP contribution < -0.4 is 5.32 Å². The van der Waals surface area contributed by atoms with Gasteiger partial charge in [-0.15, -0.1) is 0 Å². The third-order valence-corrected chi connectivity index (χ3v) is 3.75. The highest BCUT2D eigenvalue weighted by Crippen LogP contribution is 2.15. The number of aryl methyl sites for hydroxylation is 1. The molecular formula is C16H21NO4. The second-order valence-electron chi connectivity index (χ2n) is 5.41. The Bertz CT molecular complexity index is 492. The van der Waals surface area contributed by atoms with E-state index in [0.29, 0.717) is 12.8 Å². The average molecular weight is 291 g/mol. The van der Waals surface area contributed by atoms with E-state index in [2.05, 4.69) is 5.32 Å². The fraction of sp³-hybridized carbons (Fsp3) is 0.500. The topological polar surface area (TPSA) is 75.6 Å². The fourth-order valence-corrected chi connectivity index (χ4v) is 2.49. The molecule has 0 saturated carbocycles. The number of aromatic carboxylic acids is 1. The minimum atomic E-state index is -0.940. The molecule has 0 spiro atoms. The zero-order chi connectivity index (χ0) is 15.2. The number of carboxylic acids is 1. The lowest BCUT2D eigenvalue weighted by Crippen LogP contribution is -2.40. The van der Waals surface area contributed by atoms with Crippen molar-refractivity contribution in [3.8, 4) is 0 Å². The lowest BCUT2D eigenvalue weighted by molar-refractivity contribution is -0.122. The second kappa shape index (κ2) is 7.22. The highest BCUT2D eigenvalue weighted by molar-refractivity contribution is 5.87. The highest BCUT2D eigenvalue weighted by atomic mass is 16.5. The van der Waals surface area contributed by atoms with Crippen molar-refractivity contribution in [2.75, 3.05) is 6.61 Å². The standard InChI is InChI=1S/C16H21NO4/c1-11(14-3-2-10-21-14)17-15(18)9-6-12-4-7-13(8-5-12)16(19)20/h4-5,7-8,11,14H,2-3,6,9-10H2,1H3,(H,17,18)(H,19,20)/t11-,14+/m0/s1. The molecule has 5 heteroatoms. The smallest absolute Gasteiger partial charge is 0.335 e. The molecule has 0 bridgehead atoms. The molecular weight excluding hydrogens is 270 g/mol. The van der Waals surface area contributed by atoms with Crippen LogP contribution in [-0.4, -0.2) is 35.7 Å². The van der Waals surface area contributed by atoms with Crippen LogP contribution in [0.25, 0.3) is 0 Å². The molecule has 0 aromatic heterocycles. The van der Waals surface area contributed by atoms with Crippen molar-refractivity contribution in [2.45, 2.75) is 44.8 Å². The Morgan fingerprint density at radius 1 is 1.38 bits per heavy atom. The van der Waals surface area contributed by atoms with Crippen molar-refractivity contribution >= 4 is 11.9 Å². The van der Waals surface area contributed by atoms with E-state index in [-0.39, 0.29) is 23.6 Å². The Hall–Kier alpha value is -1.88. The quantitative estimate of drug-likeness (QED) is 0.840. The van der Waals surface area contributed by atoms with Gasteiger partial charge >= 0.3 is 5.97 Å². The largest absolute Gasteiger partial charge is 0.478 e. The first-order valence-corrected chi connectivity index (χ1v) is 7.29. The molecule has 1 amide bonds. The minimum Gasteiger partial charge on any atom is -0.478 e. The molecule has 1 saturated heterocycles. The van der Waals surface area contributed by atoms with Gasteiger partial charge in [0.25, 0.3) is 0 Å². The van der Waals surface area contributed by atoms with Crippen LogP contribution in [0.4, 0.5) is 0 Å². The van der Waals surface area contributed by atoms with Crippen LogP contribution in [0.15, 0.2) is 24.3 Å². The van der Waals surface area contributed by atoms with Gasteiger partial charge in [0.2, 0.25) is 5.91 Å². The Morgan fingerprint density at radius 2 is 2.10 bits per heavy atom. The Balaban J connectivity index is 1.76. The van der Waals surface area contributed by atoms with E-state index in [1.165, 1.54) is 0 Å². The minimum absolute atomic E-state index is 0.000288. The summed E-state index contributed by atoms with van der Waals surface area (Å²) in [5.74, 6) is -0.940. The highest BCUT2D eigenvalue weighted by Gasteiger charge is 2.23. The summed E-state index contributed by atoms with van der Waals surface area (Å²) in [6, 6.07) is 6.66. The van der Waals surface area contributed by atoms with Gasteiger partial charge in [-0.05, 0) is 43.9 Å². The van der Waals surface area contributed by atoms with Gasteiger partial charge in [-0.3, -0.25) is 4.79 Å². The molecule has 2 atom stereocenters. The summed E-state index contributed by atoms with van der Waals surface area (Å²) in [6.45, 7) is 2.75. The van der Waals surface area contributed by atoms with E-state index in [4.69, 9.17) is 9.84 Å². The molecule has 2 N–H and O–H groups in total. The molecule has 21 heavy (non-hydrogen) atoms. The number of carbonyl (C=O) groups is 2. The second-order valence-corrected chi connectivity index (χ2v) is 5.41. The van der Waals surface area contributed by atoms with E-state index >= 15 is 0 Å². The SMILES string of the molecule is C[C@H](NC(=O)CCc1ccc(C(=O)O)cc1)[C@H]1CCCO1. The van der Waals surface area contributed by atoms with Crippen LogP contribution in [0.2, 0.25) is 0 Å². The van der Waals surface area contributed by atoms with Crippen LogP contribution in [0.1, 0.15) is 42.1 Å². The first-order chi connectivity index (χ1) is 10.1. The molecule has 0 radical (unpaired) electrons. The summed E-state index contributed by atoms with van der Waals surface area (Å²) in [4.78, 5) is 22.6. The molecule has 1 fully saturated rings. The van der Waals surface area contributed by atoms with Gasteiger partial charge in [-0.1, -0.05) is 12.1 Å². The van der Waals surface area contributed by atoms with Crippen molar-refractivity contribution in [1.29, 1.82) is 0 Å². The number of amides is 1. The van der Waals surface area contributed by atoms with Gasteiger partial charge in [0.15, 0.2) is 0 Å². The third kappa shape index (κ3) is 4.56. The summed E-state index contributed by atoms with van der Waals surface area (Å²) in [5, 5.41) is 11.8. The predicted octanol–water partition coefficient (Wildman–Crippen LogP) is 2.00. The Labute approximate surface area is 124 Å². The lowest BCUT2D eigenvalue weighted by Gasteiger charge is -2.19. The van der Waals surface area contributed by atoms with Gasteiger partial charge < -0.3 is 15.2 Å². The van der Waals surface area contributed by atoms with Crippen LogP contribution >= 0.6 is 0 Å². The van der Waals surface area contributed by atoms with Gasteiger partial charge in [-0.25, -0.2) is 4.79 Å². The molecule has 114 valence electrons. The maximum atomic E-state index is 11.9. The number of carbonyl (C=O) groups excluding carboxylic acids is 1. The number of benzene rings is 1. The average Bonchev–Trinajstić information content (AvgIpc) is 3.00. The maximum absolute atomic E-state index is 11.9. The number of nitrogens with one attached hydrogen (secondary N) is 1. The number of hydrogen-bond donors (Lipinski definition) is 2. The van der Waals surface area contributed by atoms with Crippen molar-refractivity contribution in [3.63, 3.8) is 0 Å². The number of carboxylic acid groups (broad SMARTS) is 1. The normalized spacial score (nSPS) is 19.2. The third-order valence-electron chi connectivity index (χ3n) is 3.75. The lowest BCUT2D eigenvalue weighted by atomic mass is 10.1. The summed E-state index contributed by atoms with van der Waals surface area (Å²) in [6.07, 6.45) is 3.18. The molecule has 1 aromatic rings. The number of hydrogen-bond acceptors (Lipinski definition) is 3. The summed E-state index contributed by atoms with van der Waals surface area (Å²) < 4.78 is 5.54. The van der Waals surface area contributed by atoms with Crippen molar-refractivity contribution in [3.05, 3.63) is 35.4 Å². The zero-order valence-electron chi connectivity index (χ0n) is 12.2. The molecule has 0 aliphatic carbocycles. The zero-order valence-corrected chi connectivity index (χ0v) is 12.2. The summed E-state index contributed by atoms with van der Waals surface area (Å²) in [5.41, 5.74) is 1.22. The molecule has 5 nitrogen and oxygen atoms in total. The van der Waals surface area contributed by atoms with Crippen LogP contribution in [-0.2, 0) is 16.0 Å². The first-order valence-electron chi connectivity index (χ1n) is 7.29. The molecule has 1 heterocycles. The van der Waals surface area contributed by atoms with E-state index in [1.807, 2.05) is 6.92 Å². The summed E-state index contributed by atoms with van der Waals surface area (Å²) in [7, 11) is 0. The van der Waals surface area contributed by atoms with Gasteiger partial charge in [0.1, 0.15) is 0 Å².